The average Bonchev–Trinajstić information content (AvgIpc) is 2.38. The second-order valence-electron chi connectivity index (χ2n) is 4.73. The van der Waals surface area contributed by atoms with Gasteiger partial charge in [0.2, 0.25) is 5.91 Å². The normalized spacial score (nSPS) is 11.2. The predicted molar refractivity (Wildman–Crippen MR) is 78.6 cm³/mol. The van der Waals surface area contributed by atoms with Crippen molar-refractivity contribution in [3.05, 3.63) is 41.5 Å². The van der Waals surface area contributed by atoms with E-state index < -0.39 is 23.9 Å². The van der Waals surface area contributed by atoms with Crippen LogP contribution in [0.5, 0.6) is 0 Å². The van der Waals surface area contributed by atoms with Gasteiger partial charge in [-0.2, -0.15) is 0 Å². The fourth-order valence-electron chi connectivity index (χ4n) is 1.46. The van der Waals surface area contributed by atoms with Gasteiger partial charge in [-0.25, -0.2) is 4.79 Å². The SMILES string of the molecule is CC(C)=CC(=O)O[C@@H](C)C(=O)Nc1ccc(C(N)=O)cc1. The average molecular weight is 290 g/mol. The number of hydrogen-bond acceptors (Lipinski definition) is 4. The summed E-state index contributed by atoms with van der Waals surface area (Å²) in [5, 5.41) is 2.58. The quantitative estimate of drug-likeness (QED) is 0.636. The molecule has 0 aliphatic rings. The highest BCUT2D eigenvalue weighted by Crippen LogP contribution is 2.10. The Bertz CT molecular complexity index is 572. The van der Waals surface area contributed by atoms with Crippen LogP contribution in [0.1, 0.15) is 31.1 Å². The van der Waals surface area contributed by atoms with Gasteiger partial charge in [0.25, 0.3) is 5.91 Å². The number of benzene rings is 1. The van der Waals surface area contributed by atoms with Crippen molar-refractivity contribution in [1.82, 2.24) is 0 Å². The van der Waals surface area contributed by atoms with Crippen LogP contribution >= 0.6 is 0 Å². The number of nitrogens with two attached hydrogens (primary N) is 1. The van der Waals surface area contributed by atoms with Crippen molar-refractivity contribution < 1.29 is 19.1 Å². The molecule has 0 aliphatic heterocycles. The molecule has 0 heterocycles. The summed E-state index contributed by atoms with van der Waals surface area (Å²) in [5.74, 6) is -1.57. The summed E-state index contributed by atoms with van der Waals surface area (Å²) >= 11 is 0. The molecule has 6 heteroatoms. The summed E-state index contributed by atoms with van der Waals surface area (Å²) < 4.78 is 4.96. The van der Waals surface area contributed by atoms with Crippen molar-refractivity contribution in [3.63, 3.8) is 0 Å². The van der Waals surface area contributed by atoms with E-state index in [2.05, 4.69) is 5.32 Å². The zero-order valence-electron chi connectivity index (χ0n) is 12.2. The second-order valence-corrected chi connectivity index (χ2v) is 4.73. The molecule has 2 amide bonds. The summed E-state index contributed by atoms with van der Waals surface area (Å²) in [7, 11) is 0. The molecule has 1 aromatic carbocycles. The van der Waals surface area contributed by atoms with E-state index in [9.17, 15) is 14.4 Å². The first-order chi connectivity index (χ1) is 9.79. The first-order valence-corrected chi connectivity index (χ1v) is 6.36. The highest BCUT2D eigenvalue weighted by atomic mass is 16.5. The van der Waals surface area contributed by atoms with E-state index in [4.69, 9.17) is 10.5 Å². The molecule has 112 valence electrons. The van der Waals surface area contributed by atoms with E-state index in [1.165, 1.54) is 25.1 Å². The molecular formula is C15H18N2O4. The van der Waals surface area contributed by atoms with Crippen molar-refractivity contribution >= 4 is 23.5 Å². The Kier molecular flexibility index (Phi) is 5.66. The molecule has 1 atom stereocenters. The molecule has 21 heavy (non-hydrogen) atoms. The lowest BCUT2D eigenvalue weighted by Gasteiger charge is -2.12. The number of carbonyl (C=O) groups is 3. The molecule has 0 saturated carbocycles. The van der Waals surface area contributed by atoms with Gasteiger partial charge in [-0.05, 0) is 45.0 Å². The first-order valence-electron chi connectivity index (χ1n) is 6.36. The molecule has 1 aromatic rings. The minimum absolute atomic E-state index is 0.344. The summed E-state index contributed by atoms with van der Waals surface area (Å²) in [6, 6.07) is 6.08. The van der Waals surface area contributed by atoms with Gasteiger partial charge in [-0.15, -0.1) is 0 Å². The first kappa shape index (κ1) is 16.4. The molecule has 0 spiro atoms. The standard InChI is InChI=1S/C15H18N2O4/c1-9(2)8-13(18)21-10(3)15(20)17-12-6-4-11(5-7-12)14(16)19/h4-8,10H,1-3H3,(H2,16,19)(H,17,20)/t10-/m0/s1. The number of amides is 2. The smallest absolute Gasteiger partial charge is 0.331 e. The Balaban J connectivity index is 2.61. The molecule has 0 aliphatic carbocycles. The van der Waals surface area contributed by atoms with Crippen LogP contribution in [-0.4, -0.2) is 23.9 Å². The fraction of sp³-hybridized carbons (Fsp3) is 0.267. The summed E-state index contributed by atoms with van der Waals surface area (Å²) in [6.07, 6.45) is 0.384. The molecule has 6 nitrogen and oxygen atoms in total. The van der Waals surface area contributed by atoms with Crippen LogP contribution < -0.4 is 11.1 Å². The van der Waals surface area contributed by atoms with Crippen LogP contribution in [0.3, 0.4) is 0 Å². The monoisotopic (exact) mass is 290 g/mol. The lowest BCUT2D eigenvalue weighted by molar-refractivity contribution is -0.148. The number of hydrogen-bond donors (Lipinski definition) is 2. The van der Waals surface area contributed by atoms with Crippen molar-refractivity contribution in [2.45, 2.75) is 26.9 Å². The highest BCUT2D eigenvalue weighted by Gasteiger charge is 2.16. The van der Waals surface area contributed by atoms with E-state index in [0.29, 0.717) is 11.3 Å². The Hall–Kier alpha value is -2.63. The lowest BCUT2D eigenvalue weighted by Crippen LogP contribution is -2.29. The highest BCUT2D eigenvalue weighted by molar-refractivity contribution is 5.97. The van der Waals surface area contributed by atoms with Gasteiger partial charge in [0.15, 0.2) is 6.10 Å². The van der Waals surface area contributed by atoms with Crippen LogP contribution in [0.15, 0.2) is 35.9 Å². The van der Waals surface area contributed by atoms with E-state index in [1.807, 2.05) is 0 Å². The number of primary amides is 1. The van der Waals surface area contributed by atoms with Crippen molar-refractivity contribution in [3.8, 4) is 0 Å². The second kappa shape index (κ2) is 7.23. The Morgan fingerprint density at radius 3 is 2.24 bits per heavy atom. The Morgan fingerprint density at radius 2 is 1.76 bits per heavy atom. The van der Waals surface area contributed by atoms with E-state index in [1.54, 1.807) is 26.0 Å². The maximum Gasteiger partial charge on any atom is 0.331 e. The minimum atomic E-state index is -0.927. The fourth-order valence-corrected chi connectivity index (χ4v) is 1.46. The maximum atomic E-state index is 11.9. The van der Waals surface area contributed by atoms with Gasteiger partial charge in [0, 0.05) is 17.3 Å². The van der Waals surface area contributed by atoms with Crippen LogP contribution in [0, 0.1) is 0 Å². The lowest BCUT2D eigenvalue weighted by atomic mass is 10.2. The van der Waals surface area contributed by atoms with Crippen molar-refractivity contribution in [2.75, 3.05) is 5.32 Å². The van der Waals surface area contributed by atoms with Crippen LogP contribution in [-0.2, 0) is 14.3 Å². The minimum Gasteiger partial charge on any atom is -0.449 e. The third kappa shape index (κ3) is 5.48. The number of esters is 1. The topological polar surface area (TPSA) is 98.5 Å². The molecule has 0 aromatic heterocycles. The third-order valence-corrected chi connectivity index (χ3v) is 2.51. The largest absolute Gasteiger partial charge is 0.449 e. The number of nitrogens with one attached hydrogen (secondary N) is 1. The van der Waals surface area contributed by atoms with Gasteiger partial charge in [0.05, 0.1) is 0 Å². The molecule has 3 N–H and O–H groups in total. The number of allylic oxidation sites excluding steroid dienone is 1. The molecule has 0 radical (unpaired) electrons. The Morgan fingerprint density at radius 1 is 1.19 bits per heavy atom. The number of anilines is 1. The van der Waals surface area contributed by atoms with Gasteiger partial charge >= 0.3 is 5.97 Å². The van der Waals surface area contributed by atoms with E-state index in [-0.39, 0.29) is 0 Å². The number of ether oxygens (including phenoxy) is 1. The van der Waals surface area contributed by atoms with Gasteiger partial charge in [0.1, 0.15) is 0 Å². The summed E-state index contributed by atoms with van der Waals surface area (Å²) in [4.78, 5) is 34.2. The van der Waals surface area contributed by atoms with Crippen LogP contribution in [0.2, 0.25) is 0 Å². The summed E-state index contributed by atoms with van der Waals surface area (Å²) in [5.41, 5.74) is 6.73. The maximum absolute atomic E-state index is 11.9. The van der Waals surface area contributed by atoms with Crippen molar-refractivity contribution in [2.24, 2.45) is 5.73 Å². The molecule has 0 fully saturated rings. The van der Waals surface area contributed by atoms with Gasteiger partial charge < -0.3 is 15.8 Å². The third-order valence-electron chi connectivity index (χ3n) is 2.51. The zero-order valence-corrected chi connectivity index (χ0v) is 12.2. The molecule has 0 bridgehead atoms. The number of rotatable bonds is 5. The van der Waals surface area contributed by atoms with Gasteiger partial charge in [-0.3, -0.25) is 9.59 Å². The number of carbonyl (C=O) groups excluding carboxylic acids is 3. The molecular weight excluding hydrogens is 272 g/mol. The zero-order chi connectivity index (χ0) is 16.0. The molecule has 1 rings (SSSR count). The summed E-state index contributed by atoms with van der Waals surface area (Å²) in [6.45, 7) is 4.99. The molecule has 0 unspecified atom stereocenters. The van der Waals surface area contributed by atoms with Crippen molar-refractivity contribution in [1.29, 1.82) is 0 Å². The van der Waals surface area contributed by atoms with Crippen LogP contribution in [0.25, 0.3) is 0 Å². The van der Waals surface area contributed by atoms with E-state index >= 15 is 0 Å². The predicted octanol–water partition coefficient (Wildman–Crippen LogP) is 1.62. The van der Waals surface area contributed by atoms with Gasteiger partial charge in [-0.1, -0.05) is 5.57 Å². The Labute approximate surface area is 123 Å². The van der Waals surface area contributed by atoms with Crippen LogP contribution in [0.4, 0.5) is 5.69 Å². The van der Waals surface area contributed by atoms with E-state index in [0.717, 1.165) is 5.57 Å². The molecule has 0 saturated heterocycles.